The lowest BCUT2D eigenvalue weighted by molar-refractivity contribution is -0.118. The van der Waals surface area contributed by atoms with Crippen molar-refractivity contribution in [2.75, 3.05) is 6.54 Å². The highest BCUT2D eigenvalue weighted by atomic mass is 16.6. The molecule has 4 heteroatoms. The molecule has 1 amide bonds. The average molecular weight is 219 g/mol. The zero-order valence-corrected chi connectivity index (χ0v) is 9.24. The van der Waals surface area contributed by atoms with Crippen LogP contribution < -0.4 is 14.8 Å². The molecule has 1 aromatic rings. The van der Waals surface area contributed by atoms with E-state index in [1.165, 1.54) is 6.92 Å². The molecule has 0 aliphatic carbocycles. The summed E-state index contributed by atoms with van der Waals surface area (Å²) in [4.78, 5) is 10.8. The Balaban J connectivity index is 2.14. The highest BCUT2D eigenvalue weighted by Gasteiger charge is 2.18. The van der Waals surface area contributed by atoms with Crippen LogP contribution in [0.1, 0.15) is 13.8 Å². The first-order valence-electron chi connectivity index (χ1n) is 5.06. The summed E-state index contributed by atoms with van der Waals surface area (Å²) >= 11 is 0. The van der Waals surface area contributed by atoms with E-state index in [0.29, 0.717) is 29.6 Å². The highest BCUT2D eigenvalue weighted by molar-refractivity contribution is 5.73. The molecule has 0 spiro atoms. The summed E-state index contributed by atoms with van der Waals surface area (Å²) < 4.78 is 11.2. The maximum absolute atomic E-state index is 10.8. The van der Waals surface area contributed by atoms with Gasteiger partial charge in [0.2, 0.25) is 5.91 Å². The lowest BCUT2D eigenvalue weighted by Crippen LogP contribution is -2.26. The number of fused-ring (bicyclic) bond motifs is 1. The van der Waals surface area contributed by atoms with Crippen molar-refractivity contribution < 1.29 is 14.3 Å². The van der Waals surface area contributed by atoms with E-state index in [1.807, 2.05) is 31.2 Å². The van der Waals surface area contributed by atoms with Gasteiger partial charge < -0.3 is 14.8 Å². The molecule has 0 fully saturated rings. The number of benzene rings is 1. The first-order chi connectivity index (χ1) is 7.66. The number of ether oxygens (including phenoxy) is 2. The van der Waals surface area contributed by atoms with E-state index < -0.39 is 0 Å². The number of carbonyl (C=O) groups is 1. The Morgan fingerprint density at radius 2 is 1.88 bits per heavy atom. The van der Waals surface area contributed by atoms with Crippen LogP contribution in [0.2, 0.25) is 0 Å². The maximum atomic E-state index is 10.8. The smallest absolute Gasteiger partial charge is 0.217 e. The molecular weight excluding hydrogens is 206 g/mol. The molecule has 84 valence electrons. The maximum Gasteiger partial charge on any atom is 0.217 e. The number of allylic oxidation sites excluding steroid dienone is 1. The van der Waals surface area contributed by atoms with Crippen molar-refractivity contribution in [2.45, 2.75) is 13.8 Å². The van der Waals surface area contributed by atoms with Gasteiger partial charge in [0.1, 0.15) is 5.76 Å². The van der Waals surface area contributed by atoms with Crippen molar-refractivity contribution in [2.24, 2.45) is 0 Å². The summed E-state index contributed by atoms with van der Waals surface area (Å²) in [5.41, 5.74) is 0. The minimum absolute atomic E-state index is 0.0947. The van der Waals surface area contributed by atoms with Gasteiger partial charge in [0.25, 0.3) is 0 Å². The van der Waals surface area contributed by atoms with Crippen LogP contribution >= 0.6 is 0 Å². The number of para-hydroxylation sites is 2. The van der Waals surface area contributed by atoms with E-state index in [9.17, 15) is 4.79 Å². The second-order valence-corrected chi connectivity index (χ2v) is 3.54. The predicted octanol–water partition coefficient (Wildman–Crippen LogP) is 1.83. The van der Waals surface area contributed by atoms with Crippen molar-refractivity contribution in [3.63, 3.8) is 0 Å². The van der Waals surface area contributed by atoms with Gasteiger partial charge in [-0.15, -0.1) is 0 Å². The van der Waals surface area contributed by atoms with Crippen LogP contribution in [0.5, 0.6) is 11.5 Å². The quantitative estimate of drug-likeness (QED) is 0.825. The molecular formula is C12H13NO3. The zero-order valence-electron chi connectivity index (χ0n) is 9.24. The van der Waals surface area contributed by atoms with Gasteiger partial charge in [-0.2, -0.15) is 0 Å². The minimum atomic E-state index is -0.0947. The largest absolute Gasteiger partial charge is 0.454 e. The second-order valence-electron chi connectivity index (χ2n) is 3.54. The fourth-order valence-corrected chi connectivity index (χ4v) is 1.41. The number of hydrogen-bond donors (Lipinski definition) is 1. The lowest BCUT2D eigenvalue weighted by atomic mass is 10.3. The lowest BCUT2D eigenvalue weighted by Gasteiger charge is -2.21. The standard InChI is InChI=1S/C12H13NO3/c1-8-12(7-13-9(2)14)16-11-6-4-3-5-10(11)15-8/h3-6H,7H2,1-2H3,(H,13,14). The predicted molar refractivity (Wildman–Crippen MR) is 59.1 cm³/mol. The van der Waals surface area contributed by atoms with E-state index in [4.69, 9.17) is 9.47 Å². The minimum Gasteiger partial charge on any atom is -0.454 e. The summed E-state index contributed by atoms with van der Waals surface area (Å²) in [6, 6.07) is 7.43. The summed E-state index contributed by atoms with van der Waals surface area (Å²) in [7, 11) is 0. The molecule has 0 saturated carbocycles. The van der Waals surface area contributed by atoms with Crippen LogP contribution in [0.4, 0.5) is 0 Å². The zero-order chi connectivity index (χ0) is 11.5. The van der Waals surface area contributed by atoms with E-state index in [-0.39, 0.29) is 5.91 Å². The van der Waals surface area contributed by atoms with Gasteiger partial charge in [0, 0.05) is 6.92 Å². The molecule has 1 N–H and O–H groups in total. The van der Waals surface area contributed by atoms with E-state index in [0.717, 1.165) is 0 Å². The van der Waals surface area contributed by atoms with Gasteiger partial charge >= 0.3 is 0 Å². The molecule has 4 nitrogen and oxygen atoms in total. The van der Waals surface area contributed by atoms with Gasteiger partial charge in [-0.05, 0) is 19.1 Å². The summed E-state index contributed by atoms with van der Waals surface area (Å²) in [5, 5.41) is 2.67. The second kappa shape index (κ2) is 4.26. The fourth-order valence-electron chi connectivity index (χ4n) is 1.41. The van der Waals surface area contributed by atoms with Crippen LogP contribution in [0.25, 0.3) is 0 Å². The van der Waals surface area contributed by atoms with E-state index in [1.54, 1.807) is 0 Å². The fraction of sp³-hybridized carbons (Fsp3) is 0.250. The molecule has 1 aliphatic heterocycles. The molecule has 0 atom stereocenters. The molecule has 0 saturated heterocycles. The highest BCUT2D eigenvalue weighted by Crippen LogP contribution is 2.34. The Morgan fingerprint density at radius 3 is 2.50 bits per heavy atom. The Morgan fingerprint density at radius 1 is 1.25 bits per heavy atom. The first-order valence-corrected chi connectivity index (χ1v) is 5.06. The Kier molecular flexibility index (Phi) is 2.81. The molecule has 0 aromatic heterocycles. The summed E-state index contributed by atoms with van der Waals surface area (Å²) in [6.07, 6.45) is 0. The SMILES string of the molecule is CC(=O)NCC1=C(C)Oc2ccccc2O1. The topological polar surface area (TPSA) is 47.6 Å². The number of carbonyl (C=O) groups excluding carboxylic acids is 1. The molecule has 0 radical (unpaired) electrons. The third-order valence-corrected chi connectivity index (χ3v) is 2.24. The van der Waals surface area contributed by atoms with Crippen molar-refractivity contribution in [1.82, 2.24) is 5.32 Å². The van der Waals surface area contributed by atoms with Gasteiger partial charge in [0.15, 0.2) is 17.3 Å². The Bertz CT molecular complexity index is 451. The van der Waals surface area contributed by atoms with Crippen molar-refractivity contribution in [3.05, 3.63) is 35.8 Å². The molecule has 1 aromatic carbocycles. The molecule has 0 bridgehead atoms. The third-order valence-electron chi connectivity index (χ3n) is 2.24. The molecule has 1 heterocycles. The molecule has 1 aliphatic rings. The van der Waals surface area contributed by atoms with Crippen molar-refractivity contribution in [3.8, 4) is 11.5 Å². The van der Waals surface area contributed by atoms with Crippen LogP contribution in [-0.2, 0) is 4.79 Å². The molecule has 2 rings (SSSR count). The van der Waals surface area contributed by atoms with Gasteiger partial charge in [-0.1, -0.05) is 12.1 Å². The van der Waals surface area contributed by atoms with E-state index in [2.05, 4.69) is 5.32 Å². The average Bonchev–Trinajstić information content (AvgIpc) is 2.26. The normalized spacial score (nSPS) is 13.6. The first kappa shape index (κ1) is 10.5. The third kappa shape index (κ3) is 2.16. The van der Waals surface area contributed by atoms with Crippen LogP contribution in [0.15, 0.2) is 35.8 Å². The molecule has 16 heavy (non-hydrogen) atoms. The van der Waals surface area contributed by atoms with Crippen LogP contribution in [0.3, 0.4) is 0 Å². The van der Waals surface area contributed by atoms with Gasteiger partial charge in [-0.25, -0.2) is 0 Å². The number of nitrogens with one attached hydrogen (secondary N) is 1. The van der Waals surface area contributed by atoms with E-state index >= 15 is 0 Å². The summed E-state index contributed by atoms with van der Waals surface area (Å²) in [5.74, 6) is 2.59. The number of hydrogen-bond acceptors (Lipinski definition) is 3. The van der Waals surface area contributed by atoms with Crippen LogP contribution in [-0.4, -0.2) is 12.5 Å². The van der Waals surface area contributed by atoms with Crippen LogP contribution in [0, 0.1) is 0 Å². The number of rotatable bonds is 2. The summed E-state index contributed by atoms with van der Waals surface area (Å²) in [6.45, 7) is 3.62. The number of amides is 1. The Hall–Kier alpha value is -1.97. The van der Waals surface area contributed by atoms with Gasteiger partial charge in [-0.3, -0.25) is 4.79 Å². The monoisotopic (exact) mass is 219 g/mol. The molecule has 0 unspecified atom stereocenters. The Labute approximate surface area is 93.9 Å². The van der Waals surface area contributed by atoms with Crippen molar-refractivity contribution in [1.29, 1.82) is 0 Å². The van der Waals surface area contributed by atoms with Gasteiger partial charge in [0.05, 0.1) is 6.54 Å². The van der Waals surface area contributed by atoms with Crippen molar-refractivity contribution >= 4 is 5.91 Å².